The van der Waals surface area contributed by atoms with Crippen LogP contribution in [0.25, 0.3) is 22.0 Å². The molecule has 0 fully saturated rings. The van der Waals surface area contributed by atoms with Crippen LogP contribution in [0.1, 0.15) is 50.2 Å². The third kappa shape index (κ3) is 6.26. The van der Waals surface area contributed by atoms with Gasteiger partial charge < -0.3 is 15.0 Å². The highest BCUT2D eigenvalue weighted by atomic mass is 32.2. The molecular formula is C30H35N3O4S. The van der Waals surface area contributed by atoms with Gasteiger partial charge in [-0.25, -0.2) is 8.42 Å². The molecule has 0 aliphatic rings. The molecule has 4 aromatic rings. The maximum Gasteiger partial charge on any atom is 0.268 e. The Balaban J connectivity index is 1.66. The molecule has 0 aliphatic carbocycles. The summed E-state index contributed by atoms with van der Waals surface area (Å²) in [4.78, 5) is 16.6. The van der Waals surface area contributed by atoms with Crippen molar-refractivity contribution in [1.29, 1.82) is 0 Å². The van der Waals surface area contributed by atoms with Crippen LogP contribution in [0.3, 0.4) is 0 Å². The number of carbonyl (C=O) groups excluding carboxylic acids is 1. The zero-order valence-corrected chi connectivity index (χ0v) is 23.1. The Hall–Kier alpha value is -3.62. The van der Waals surface area contributed by atoms with Crippen molar-refractivity contribution in [3.63, 3.8) is 0 Å². The second-order valence-corrected chi connectivity index (χ2v) is 11.9. The molecule has 7 nitrogen and oxygen atoms in total. The Morgan fingerprint density at radius 1 is 0.974 bits per heavy atom. The van der Waals surface area contributed by atoms with Gasteiger partial charge in [-0.15, -0.1) is 0 Å². The topological polar surface area (TPSA) is 100 Å². The van der Waals surface area contributed by atoms with E-state index < -0.39 is 10.0 Å². The zero-order valence-electron chi connectivity index (χ0n) is 22.3. The third-order valence-electron chi connectivity index (χ3n) is 6.33. The van der Waals surface area contributed by atoms with E-state index in [4.69, 9.17) is 4.74 Å². The monoisotopic (exact) mass is 533 g/mol. The van der Waals surface area contributed by atoms with E-state index in [2.05, 4.69) is 35.8 Å². The fourth-order valence-corrected chi connectivity index (χ4v) is 5.34. The molecule has 1 amide bonds. The van der Waals surface area contributed by atoms with Gasteiger partial charge in [0.25, 0.3) is 15.9 Å². The predicted octanol–water partition coefficient (Wildman–Crippen LogP) is 6.09. The highest BCUT2D eigenvalue weighted by Gasteiger charge is 2.21. The molecule has 0 unspecified atom stereocenters. The van der Waals surface area contributed by atoms with Gasteiger partial charge in [-0.1, -0.05) is 63.2 Å². The minimum atomic E-state index is -3.80. The average Bonchev–Trinajstić information content (AvgIpc) is 3.27. The van der Waals surface area contributed by atoms with Gasteiger partial charge in [0.2, 0.25) is 0 Å². The molecule has 200 valence electrons. The molecule has 0 atom stereocenters. The Labute approximate surface area is 224 Å². The number of anilines is 1. The lowest BCUT2D eigenvalue weighted by atomic mass is 9.87. The van der Waals surface area contributed by atoms with Crippen molar-refractivity contribution < 1.29 is 17.9 Å². The van der Waals surface area contributed by atoms with E-state index in [1.165, 1.54) is 0 Å². The van der Waals surface area contributed by atoms with Gasteiger partial charge in [0.1, 0.15) is 5.69 Å². The lowest BCUT2D eigenvalue weighted by Gasteiger charge is -2.19. The summed E-state index contributed by atoms with van der Waals surface area (Å²) >= 11 is 0. The van der Waals surface area contributed by atoms with Crippen LogP contribution in [0.5, 0.6) is 0 Å². The van der Waals surface area contributed by atoms with E-state index in [-0.39, 0.29) is 16.2 Å². The number of aromatic nitrogens is 1. The summed E-state index contributed by atoms with van der Waals surface area (Å²) in [6, 6.07) is 21.8. The minimum absolute atomic E-state index is 0.0733. The summed E-state index contributed by atoms with van der Waals surface area (Å²) in [6.45, 7) is 9.90. The van der Waals surface area contributed by atoms with Gasteiger partial charge in [-0.05, 0) is 60.2 Å². The first kappa shape index (κ1) is 27.4. The molecule has 0 bridgehead atoms. The maximum absolute atomic E-state index is 13.2. The summed E-state index contributed by atoms with van der Waals surface area (Å²) in [5.74, 6) is -0.224. The number of carbonyl (C=O) groups is 1. The fourth-order valence-electron chi connectivity index (χ4n) is 4.29. The van der Waals surface area contributed by atoms with E-state index in [1.54, 1.807) is 30.3 Å². The first-order valence-electron chi connectivity index (χ1n) is 12.8. The summed E-state index contributed by atoms with van der Waals surface area (Å²) in [7, 11) is -3.80. The van der Waals surface area contributed by atoms with Crippen LogP contribution in [0.15, 0.2) is 77.7 Å². The van der Waals surface area contributed by atoms with Crippen molar-refractivity contribution in [2.75, 3.05) is 24.5 Å². The van der Waals surface area contributed by atoms with Gasteiger partial charge in [-0.3, -0.25) is 9.52 Å². The number of sulfonamides is 1. The van der Waals surface area contributed by atoms with Crippen LogP contribution in [0, 0.1) is 0 Å². The van der Waals surface area contributed by atoms with Gasteiger partial charge >= 0.3 is 0 Å². The first-order valence-corrected chi connectivity index (χ1v) is 14.3. The maximum atomic E-state index is 13.2. The molecule has 1 heterocycles. The predicted molar refractivity (Wildman–Crippen MR) is 153 cm³/mol. The molecule has 0 radical (unpaired) electrons. The highest BCUT2D eigenvalue weighted by Crippen LogP contribution is 2.35. The molecular weight excluding hydrogens is 498 g/mol. The molecule has 38 heavy (non-hydrogen) atoms. The van der Waals surface area contributed by atoms with Crippen LogP contribution in [0.2, 0.25) is 0 Å². The molecule has 8 heteroatoms. The molecule has 1 aromatic heterocycles. The van der Waals surface area contributed by atoms with Gasteiger partial charge in [0.05, 0.1) is 4.90 Å². The Bertz CT molecular complexity index is 1500. The average molecular weight is 534 g/mol. The van der Waals surface area contributed by atoms with Crippen molar-refractivity contribution in [3.05, 3.63) is 84.1 Å². The van der Waals surface area contributed by atoms with E-state index >= 15 is 0 Å². The van der Waals surface area contributed by atoms with Crippen LogP contribution in [-0.2, 0) is 20.2 Å². The Morgan fingerprint density at radius 3 is 2.34 bits per heavy atom. The second-order valence-electron chi connectivity index (χ2n) is 10.2. The highest BCUT2D eigenvalue weighted by molar-refractivity contribution is 7.92. The lowest BCUT2D eigenvalue weighted by Crippen LogP contribution is -2.26. The summed E-state index contributed by atoms with van der Waals surface area (Å²) < 4.78 is 34.4. The number of nitrogens with one attached hydrogen (secondary N) is 3. The third-order valence-corrected chi connectivity index (χ3v) is 7.72. The minimum Gasteiger partial charge on any atom is -0.382 e. The molecule has 0 saturated carbocycles. The molecule has 0 saturated heterocycles. The quantitative estimate of drug-likeness (QED) is 0.215. The fraction of sp³-hybridized carbons (Fsp3) is 0.300. The normalized spacial score (nSPS) is 12.0. The number of rotatable bonds is 10. The molecule has 0 spiro atoms. The van der Waals surface area contributed by atoms with Gasteiger partial charge in [-0.2, -0.15) is 0 Å². The van der Waals surface area contributed by atoms with E-state index in [9.17, 15) is 13.2 Å². The van der Waals surface area contributed by atoms with Crippen molar-refractivity contribution in [2.24, 2.45) is 0 Å². The van der Waals surface area contributed by atoms with Crippen molar-refractivity contribution in [2.45, 2.75) is 44.4 Å². The number of ether oxygens (including phenoxy) is 1. The summed E-state index contributed by atoms with van der Waals surface area (Å²) in [6.07, 6.45) is 0.711. The molecule has 0 aliphatic heterocycles. The van der Waals surface area contributed by atoms with Crippen LogP contribution in [-0.4, -0.2) is 39.1 Å². The zero-order chi connectivity index (χ0) is 27.3. The number of H-pyrrole nitrogens is 1. The lowest BCUT2D eigenvalue weighted by molar-refractivity contribution is 0.0940. The van der Waals surface area contributed by atoms with Crippen molar-refractivity contribution in [3.8, 4) is 11.1 Å². The molecule has 3 aromatic carbocycles. The van der Waals surface area contributed by atoms with Crippen LogP contribution >= 0.6 is 0 Å². The Morgan fingerprint density at radius 2 is 1.68 bits per heavy atom. The number of aromatic amines is 1. The SMILES string of the molecule is CCOCCCNC(=O)c1[nH]c2ccc(NS(=O)(=O)c3ccc(C(C)(C)C)cc3)cc2c1-c1ccccc1. The van der Waals surface area contributed by atoms with Gasteiger partial charge in [0.15, 0.2) is 0 Å². The standard InChI is InChI=1S/C30H35N3O4S/c1-5-37-19-9-18-31-29(34)28-27(21-10-7-6-8-11-21)25-20-23(14-17-26(25)32-28)33-38(35,36)24-15-12-22(13-16-24)30(2,3)4/h6-8,10-17,20,32-33H,5,9,18-19H2,1-4H3,(H,31,34). The summed E-state index contributed by atoms with van der Waals surface area (Å²) in [5, 5.41) is 3.71. The second kappa shape index (κ2) is 11.4. The van der Waals surface area contributed by atoms with Gasteiger partial charge in [0, 0.05) is 41.9 Å². The van der Waals surface area contributed by atoms with E-state index in [0.717, 1.165) is 27.6 Å². The smallest absolute Gasteiger partial charge is 0.268 e. The number of benzene rings is 3. The molecule has 4 rings (SSSR count). The molecule has 3 N–H and O–H groups in total. The number of hydrogen-bond acceptors (Lipinski definition) is 4. The van der Waals surface area contributed by atoms with Crippen LogP contribution < -0.4 is 10.0 Å². The van der Waals surface area contributed by atoms with Crippen molar-refractivity contribution in [1.82, 2.24) is 10.3 Å². The first-order chi connectivity index (χ1) is 18.1. The largest absolute Gasteiger partial charge is 0.382 e. The summed E-state index contributed by atoms with van der Waals surface area (Å²) in [5.41, 5.74) is 4.14. The van der Waals surface area contributed by atoms with Crippen molar-refractivity contribution >= 4 is 32.5 Å². The van der Waals surface area contributed by atoms with E-state index in [0.29, 0.717) is 37.6 Å². The van der Waals surface area contributed by atoms with Crippen LogP contribution in [0.4, 0.5) is 5.69 Å². The number of hydrogen-bond donors (Lipinski definition) is 3. The Kier molecular flexibility index (Phi) is 8.23. The van der Waals surface area contributed by atoms with E-state index in [1.807, 2.05) is 49.4 Å². The number of fused-ring (bicyclic) bond motifs is 1. The number of amides is 1.